The number of carboxylic acids is 1. The highest BCUT2D eigenvalue weighted by Crippen LogP contribution is 2.31. The maximum Gasteiger partial charge on any atom is 0.356 e. The van der Waals surface area contributed by atoms with Crippen LogP contribution in [0.1, 0.15) is 36.7 Å². The van der Waals surface area contributed by atoms with Gasteiger partial charge in [-0.15, -0.1) is 11.3 Å². The molecule has 0 radical (unpaired) electrons. The summed E-state index contributed by atoms with van der Waals surface area (Å²) in [6, 6.07) is -0.118. The van der Waals surface area contributed by atoms with Crippen LogP contribution in [0.5, 0.6) is 0 Å². The van der Waals surface area contributed by atoms with E-state index in [4.69, 9.17) is 5.11 Å². The number of nitrogens with one attached hydrogen (secondary N) is 1. The monoisotopic (exact) mass is 336 g/mol. The van der Waals surface area contributed by atoms with Gasteiger partial charge in [0.25, 0.3) is 10.0 Å². The molecule has 0 saturated heterocycles. The second kappa shape index (κ2) is 6.42. The lowest BCUT2D eigenvalue weighted by Gasteiger charge is -2.12. The third kappa shape index (κ3) is 3.51. The minimum Gasteiger partial charge on any atom is -0.476 e. The summed E-state index contributed by atoms with van der Waals surface area (Å²) in [4.78, 5) is 14.5. The Bertz CT molecular complexity index is 584. The first-order valence-corrected chi connectivity index (χ1v) is 9.66. The minimum absolute atomic E-state index is 0.118. The summed E-state index contributed by atoms with van der Waals surface area (Å²) >= 11 is 2.67. The van der Waals surface area contributed by atoms with Crippen LogP contribution in [0.2, 0.25) is 0 Å². The Labute approximate surface area is 126 Å². The van der Waals surface area contributed by atoms with Crippen LogP contribution in [0.3, 0.4) is 0 Å². The number of sulfonamides is 1. The summed E-state index contributed by atoms with van der Waals surface area (Å²) in [5.74, 6) is -0.306. The van der Waals surface area contributed by atoms with Gasteiger partial charge in [-0.05, 0) is 25.0 Å². The topological polar surface area (TPSA) is 96.4 Å². The molecule has 112 valence electrons. The predicted octanol–water partition coefficient (Wildman–Crippen LogP) is 1.79. The van der Waals surface area contributed by atoms with Crippen molar-refractivity contribution in [3.63, 3.8) is 0 Å². The van der Waals surface area contributed by atoms with Gasteiger partial charge in [-0.3, -0.25) is 0 Å². The van der Waals surface area contributed by atoms with Crippen LogP contribution in [-0.4, -0.2) is 41.5 Å². The number of thioether (sulfide) groups is 1. The lowest BCUT2D eigenvalue weighted by atomic mass is 10.3. The molecular weight excluding hydrogens is 320 g/mol. The third-order valence-electron chi connectivity index (χ3n) is 3.09. The average Bonchev–Trinajstić information content (AvgIpc) is 2.98. The van der Waals surface area contributed by atoms with Crippen LogP contribution < -0.4 is 4.72 Å². The molecule has 1 aromatic rings. The van der Waals surface area contributed by atoms with Crippen molar-refractivity contribution in [3.8, 4) is 0 Å². The summed E-state index contributed by atoms with van der Waals surface area (Å²) < 4.78 is 26.9. The van der Waals surface area contributed by atoms with E-state index in [2.05, 4.69) is 16.6 Å². The van der Waals surface area contributed by atoms with Crippen molar-refractivity contribution in [2.24, 2.45) is 0 Å². The number of hydrogen-bond donors (Lipinski definition) is 2. The van der Waals surface area contributed by atoms with E-state index in [1.807, 2.05) is 11.8 Å². The van der Waals surface area contributed by atoms with Gasteiger partial charge in [0.15, 0.2) is 9.90 Å². The molecule has 1 aromatic heterocycles. The van der Waals surface area contributed by atoms with Crippen molar-refractivity contribution in [2.75, 3.05) is 5.75 Å². The Kier molecular flexibility index (Phi) is 5.05. The van der Waals surface area contributed by atoms with Gasteiger partial charge in [-0.1, -0.05) is 6.92 Å². The summed E-state index contributed by atoms with van der Waals surface area (Å²) in [6.45, 7) is 2.08. The van der Waals surface area contributed by atoms with Crippen LogP contribution in [0.4, 0.5) is 0 Å². The van der Waals surface area contributed by atoms with E-state index in [1.54, 1.807) is 0 Å². The van der Waals surface area contributed by atoms with Crippen molar-refractivity contribution in [1.82, 2.24) is 9.71 Å². The van der Waals surface area contributed by atoms with Crippen molar-refractivity contribution < 1.29 is 18.3 Å². The van der Waals surface area contributed by atoms with Gasteiger partial charge in [-0.2, -0.15) is 11.8 Å². The fourth-order valence-electron chi connectivity index (χ4n) is 2.28. The van der Waals surface area contributed by atoms with Crippen LogP contribution in [-0.2, 0) is 10.0 Å². The Morgan fingerprint density at radius 1 is 1.60 bits per heavy atom. The van der Waals surface area contributed by atoms with Crippen LogP contribution in [0, 0.1) is 0 Å². The molecule has 0 aromatic carbocycles. The van der Waals surface area contributed by atoms with Gasteiger partial charge in [0.05, 0.1) is 5.51 Å². The Morgan fingerprint density at radius 2 is 2.35 bits per heavy atom. The van der Waals surface area contributed by atoms with Crippen molar-refractivity contribution >= 4 is 39.1 Å². The minimum atomic E-state index is -3.80. The quantitative estimate of drug-likeness (QED) is 0.822. The van der Waals surface area contributed by atoms with Crippen molar-refractivity contribution in [1.29, 1.82) is 0 Å². The molecule has 1 aliphatic carbocycles. The number of carboxylic acid groups (broad SMARTS) is 1. The molecule has 9 heteroatoms. The highest BCUT2D eigenvalue weighted by molar-refractivity contribution is 7.99. The molecule has 0 amide bonds. The van der Waals surface area contributed by atoms with Gasteiger partial charge in [-0.25, -0.2) is 22.9 Å². The Balaban J connectivity index is 2.08. The maximum absolute atomic E-state index is 12.2. The number of rotatable bonds is 6. The molecular formula is C11H16N2O4S3. The summed E-state index contributed by atoms with van der Waals surface area (Å²) in [5.41, 5.74) is 0.836. The zero-order chi connectivity index (χ0) is 14.8. The molecule has 1 saturated carbocycles. The maximum atomic E-state index is 12.2. The number of carbonyl (C=O) groups is 1. The van der Waals surface area contributed by atoms with Gasteiger partial charge < -0.3 is 5.11 Å². The molecule has 0 aliphatic heterocycles. The molecule has 1 fully saturated rings. The van der Waals surface area contributed by atoms with Crippen LogP contribution in [0.15, 0.2) is 9.72 Å². The fraction of sp³-hybridized carbons (Fsp3) is 0.636. The number of nitrogens with zero attached hydrogens (tertiary/aromatic N) is 1. The zero-order valence-electron chi connectivity index (χ0n) is 10.9. The first-order valence-electron chi connectivity index (χ1n) is 6.24. The normalized spacial score (nSPS) is 23.1. The Morgan fingerprint density at radius 3 is 3.00 bits per heavy atom. The smallest absolute Gasteiger partial charge is 0.356 e. The van der Waals surface area contributed by atoms with E-state index in [-0.39, 0.29) is 10.3 Å². The van der Waals surface area contributed by atoms with E-state index in [0.29, 0.717) is 5.25 Å². The van der Waals surface area contributed by atoms with E-state index in [0.717, 1.165) is 36.4 Å². The second-order valence-corrected chi connectivity index (χ2v) is 8.84. The molecule has 2 rings (SSSR count). The molecule has 1 aliphatic rings. The molecule has 1 heterocycles. The lowest BCUT2D eigenvalue weighted by molar-refractivity contribution is 0.0687. The van der Waals surface area contributed by atoms with E-state index in [1.165, 1.54) is 5.51 Å². The van der Waals surface area contributed by atoms with Gasteiger partial charge >= 0.3 is 5.97 Å². The average molecular weight is 336 g/mol. The fourth-order valence-corrected chi connectivity index (χ4v) is 5.86. The standard InChI is InChI=1S/C11H16N2O4S3/c1-2-18-8-4-3-7(5-8)13-20(16,17)11-9(10(14)15)12-6-19-11/h6-8,13H,2-5H2,1H3,(H,14,15). The molecule has 20 heavy (non-hydrogen) atoms. The van der Waals surface area contributed by atoms with Crippen molar-refractivity contribution in [3.05, 3.63) is 11.2 Å². The SMILES string of the molecule is CCSC1CCC(NS(=O)(=O)c2scnc2C(=O)O)C1. The van der Waals surface area contributed by atoms with Gasteiger partial charge in [0.2, 0.25) is 0 Å². The van der Waals surface area contributed by atoms with Crippen LogP contribution in [0.25, 0.3) is 0 Å². The first kappa shape index (κ1) is 15.7. The molecule has 2 atom stereocenters. The Hall–Kier alpha value is -0.640. The highest BCUT2D eigenvalue weighted by atomic mass is 32.2. The van der Waals surface area contributed by atoms with E-state index in [9.17, 15) is 13.2 Å². The van der Waals surface area contributed by atoms with Gasteiger partial charge in [0.1, 0.15) is 0 Å². The van der Waals surface area contributed by atoms with Gasteiger partial charge in [0, 0.05) is 11.3 Å². The second-order valence-electron chi connectivity index (χ2n) is 4.50. The molecule has 0 spiro atoms. The number of aromatic nitrogens is 1. The predicted molar refractivity (Wildman–Crippen MR) is 79.0 cm³/mol. The lowest BCUT2D eigenvalue weighted by Crippen LogP contribution is -2.33. The van der Waals surface area contributed by atoms with Crippen LogP contribution >= 0.6 is 23.1 Å². The largest absolute Gasteiger partial charge is 0.476 e. The molecule has 0 bridgehead atoms. The molecule has 6 nitrogen and oxygen atoms in total. The molecule has 2 unspecified atom stereocenters. The summed E-state index contributed by atoms with van der Waals surface area (Å²) in [5, 5.41) is 9.42. The zero-order valence-corrected chi connectivity index (χ0v) is 13.4. The summed E-state index contributed by atoms with van der Waals surface area (Å²) in [7, 11) is -3.80. The molecule has 2 N–H and O–H groups in total. The van der Waals surface area contributed by atoms with E-state index < -0.39 is 21.7 Å². The van der Waals surface area contributed by atoms with E-state index >= 15 is 0 Å². The number of hydrogen-bond acceptors (Lipinski definition) is 6. The van der Waals surface area contributed by atoms with Crippen molar-refractivity contribution in [2.45, 2.75) is 41.7 Å². The first-order chi connectivity index (χ1) is 9.44. The third-order valence-corrected chi connectivity index (χ3v) is 7.21. The summed E-state index contributed by atoms with van der Waals surface area (Å²) in [6.07, 6.45) is 2.57. The number of aromatic carboxylic acids is 1. The highest BCUT2D eigenvalue weighted by Gasteiger charge is 2.32. The number of thiazole rings is 1.